The minimum absolute atomic E-state index is 0.0119. The van der Waals surface area contributed by atoms with Crippen molar-refractivity contribution in [2.45, 2.75) is 115 Å². The summed E-state index contributed by atoms with van der Waals surface area (Å²) in [6.07, 6.45) is 8.97. The average Bonchev–Trinajstić information content (AvgIpc) is 3.03. The molecule has 0 saturated heterocycles. The lowest BCUT2D eigenvalue weighted by molar-refractivity contribution is -0.222. The maximum atomic E-state index is 15.3. The number of unbranched alkanes of at least 4 members (excludes halogenated alkanes) is 4. The highest BCUT2D eigenvalue weighted by molar-refractivity contribution is 5.65. The lowest BCUT2D eigenvalue weighted by atomic mass is 9.76. The largest absolute Gasteiger partial charge is 0.432 e. The van der Waals surface area contributed by atoms with Crippen molar-refractivity contribution in [1.29, 1.82) is 0 Å². The first kappa shape index (κ1) is 34.3. The molecule has 3 aromatic rings. The summed E-state index contributed by atoms with van der Waals surface area (Å²) < 4.78 is 105. The Kier molecular flexibility index (Phi) is 11.4. The Bertz CT molecular complexity index is 1430. The number of ether oxygens (including phenoxy) is 1. The van der Waals surface area contributed by atoms with Crippen molar-refractivity contribution in [3.63, 3.8) is 0 Å². The third-order valence-corrected chi connectivity index (χ3v) is 10.2. The zero-order chi connectivity index (χ0) is 32.8. The first-order valence-electron chi connectivity index (χ1n) is 16.9. The van der Waals surface area contributed by atoms with Crippen LogP contribution in [-0.2, 0) is 0 Å². The Labute approximate surface area is 267 Å². The maximum Gasteiger partial charge on any atom is 0.400 e. The molecule has 2 saturated carbocycles. The number of alkyl halides is 2. The fraction of sp³-hybridized carbons (Fsp3) is 0.526. The summed E-state index contributed by atoms with van der Waals surface area (Å²) in [5, 5.41) is 0. The van der Waals surface area contributed by atoms with Gasteiger partial charge < -0.3 is 4.74 Å². The van der Waals surface area contributed by atoms with Crippen molar-refractivity contribution in [2.24, 2.45) is 11.8 Å². The molecule has 0 bridgehead atoms. The predicted octanol–water partition coefficient (Wildman–Crippen LogP) is 12.6. The highest BCUT2D eigenvalue weighted by Gasteiger charge is 2.44. The molecule has 2 aliphatic carbocycles. The van der Waals surface area contributed by atoms with Crippen molar-refractivity contribution in [3.8, 4) is 16.9 Å². The van der Waals surface area contributed by atoms with Crippen LogP contribution in [0, 0.1) is 40.9 Å². The van der Waals surface area contributed by atoms with E-state index in [4.69, 9.17) is 0 Å². The van der Waals surface area contributed by atoms with Gasteiger partial charge >= 0.3 is 6.11 Å². The molecule has 5 rings (SSSR count). The summed E-state index contributed by atoms with van der Waals surface area (Å²) in [6, 6.07) is 10.6. The highest BCUT2D eigenvalue weighted by atomic mass is 19.3. The summed E-state index contributed by atoms with van der Waals surface area (Å²) >= 11 is 0. The Morgan fingerprint density at radius 1 is 0.652 bits per heavy atom. The van der Waals surface area contributed by atoms with Crippen LogP contribution in [-0.4, -0.2) is 6.11 Å². The molecule has 0 aliphatic heterocycles. The number of halogens is 7. The molecule has 250 valence electrons. The second kappa shape index (κ2) is 15.2. The quantitative estimate of drug-likeness (QED) is 0.108. The van der Waals surface area contributed by atoms with Gasteiger partial charge in [-0.2, -0.15) is 8.78 Å². The van der Waals surface area contributed by atoms with Crippen LogP contribution in [0.2, 0.25) is 0 Å². The van der Waals surface area contributed by atoms with Gasteiger partial charge in [0.1, 0.15) is 17.4 Å². The minimum atomic E-state index is -3.75. The molecule has 0 heterocycles. The van der Waals surface area contributed by atoms with Crippen LogP contribution < -0.4 is 4.74 Å². The van der Waals surface area contributed by atoms with Gasteiger partial charge in [-0.25, -0.2) is 22.0 Å². The van der Waals surface area contributed by atoms with Crippen LogP contribution >= 0.6 is 0 Å². The average molecular weight is 649 g/mol. The van der Waals surface area contributed by atoms with E-state index in [0.717, 1.165) is 24.3 Å². The lowest BCUT2D eigenvalue weighted by Crippen LogP contribution is -2.37. The van der Waals surface area contributed by atoms with Gasteiger partial charge in [-0.3, -0.25) is 0 Å². The molecule has 2 fully saturated rings. The number of hydrogen-bond donors (Lipinski definition) is 0. The van der Waals surface area contributed by atoms with Crippen LogP contribution in [0.1, 0.15) is 120 Å². The second-order valence-corrected chi connectivity index (χ2v) is 13.3. The SMILES string of the molecule is CCCCCCCC1CCC(c2ccc(-c3ccc(C4CCC(C(F)(F)Oc5cc(F)c(F)c(F)c5)CC4)c(F)c3)c(F)c2)CC1. The Balaban J connectivity index is 1.15. The fourth-order valence-electron chi connectivity index (χ4n) is 7.44. The van der Waals surface area contributed by atoms with Crippen LogP contribution in [0.5, 0.6) is 5.75 Å². The Hall–Kier alpha value is -3.03. The van der Waals surface area contributed by atoms with Crippen LogP contribution in [0.15, 0.2) is 48.5 Å². The summed E-state index contributed by atoms with van der Waals surface area (Å²) in [5.41, 5.74) is 2.12. The van der Waals surface area contributed by atoms with Gasteiger partial charge in [0.25, 0.3) is 0 Å². The topological polar surface area (TPSA) is 9.23 Å². The van der Waals surface area contributed by atoms with Gasteiger partial charge in [0, 0.05) is 17.7 Å². The zero-order valence-electron chi connectivity index (χ0n) is 26.4. The molecule has 0 unspecified atom stereocenters. The van der Waals surface area contributed by atoms with Gasteiger partial charge in [-0.1, -0.05) is 69.7 Å². The summed E-state index contributed by atoms with van der Waals surface area (Å²) in [6.45, 7) is 2.23. The third kappa shape index (κ3) is 8.27. The van der Waals surface area contributed by atoms with E-state index in [2.05, 4.69) is 11.7 Å². The Morgan fingerprint density at radius 3 is 1.93 bits per heavy atom. The van der Waals surface area contributed by atoms with Crippen molar-refractivity contribution in [2.75, 3.05) is 0 Å². The molecule has 2 aliphatic rings. The predicted molar refractivity (Wildman–Crippen MR) is 166 cm³/mol. The van der Waals surface area contributed by atoms with E-state index in [-0.39, 0.29) is 37.4 Å². The lowest BCUT2D eigenvalue weighted by Gasteiger charge is -2.33. The standard InChI is InChI=1S/C38H43F7O/c1-2-3-4-5-6-7-24-8-10-25(11-9-24)27-14-18-32(33(39)20-27)28-15-19-31(34(40)21-28)26-12-16-29(17-13-26)38(44,45)46-30-22-35(41)37(43)36(42)23-30/h14-15,18-26,29H,2-13,16-17H2,1H3. The van der Waals surface area contributed by atoms with Gasteiger partial charge in [0.15, 0.2) is 17.5 Å². The molecule has 0 N–H and O–H groups in total. The minimum Gasteiger partial charge on any atom is -0.432 e. The van der Waals surface area contributed by atoms with Crippen LogP contribution in [0.3, 0.4) is 0 Å². The molecule has 3 aromatic carbocycles. The summed E-state index contributed by atoms with van der Waals surface area (Å²) in [5.74, 6) is -7.19. The van der Waals surface area contributed by atoms with Gasteiger partial charge in [0.05, 0.1) is 5.92 Å². The highest BCUT2D eigenvalue weighted by Crippen LogP contribution is 2.45. The second-order valence-electron chi connectivity index (χ2n) is 13.3. The van der Waals surface area contributed by atoms with E-state index in [0.29, 0.717) is 34.7 Å². The van der Waals surface area contributed by atoms with Crippen molar-refractivity contribution < 1.29 is 35.5 Å². The maximum absolute atomic E-state index is 15.3. The number of rotatable bonds is 12. The van der Waals surface area contributed by atoms with E-state index in [1.807, 2.05) is 6.07 Å². The molecule has 0 atom stereocenters. The molecule has 8 heteroatoms. The van der Waals surface area contributed by atoms with Crippen molar-refractivity contribution in [3.05, 3.63) is 88.7 Å². The Morgan fingerprint density at radius 2 is 1.30 bits per heavy atom. The number of hydrogen-bond acceptors (Lipinski definition) is 1. The molecule has 46 heavy (non-hydrogen) atoms. The van der Waals surface area contributed by atoms with E-state index >= 15 is 8.78 Å². The van der Waals surface area contributed by atoms with E-state index in [1.165, 1.54) is 57.4 Å². The fourth-order valence-corrected chi connectivity index (χ4v) is 7.44. The van der Waals surface area contributed by atoms with Gasteiger partial charge in [-0.15, -0.1) is 0 Å². The first-order chi connectivity index (χ1) is 22.1. The molecule has 0 radical (unpaired) electrons. The van der Waals surface area contributed by atoms with Gasteiger partial charge in [0.2, 0.25) is 0 Å². The number of benzene rings is 3. The monoisotopic (exact) mass is 648 g/mol. The smallest absolute Gasteiger partial charge is 0.400 e. The zero-order valence-corrected chi connectivity index (χ0v) is 26.4. The first-order valence-corrected chi connectivity index (χ1v) is 16.9. The molecular weight excluding hydrogens is 605 g/mol. The molecule has 0 aromatic heterocycles. The molecule has 0 spiro atoms. The van der Waals surface area contributed by atoms with Crippen molar-refractivity contribution >= 4 is 0 Å². The van der Waals surface area contributed by atoms with Crippen LogP contribution in [0.25, 0.3) is 11.1 Å². The van der Waals surface area contributed by atoms with Gasteiger partial charge in [-0.05, 0) is 97.9 Å². The normalized spacial score (nSPS) is 22.2. The van der Waals surface area contributed by atoms with E-state index < -0.39 is 41.0 Å². The van der Waals surface area contributed by atoms with E-state index in [9.17, 15) is 22.0 Å². The molecular formula is C38H43F7O. The molecule has 0 amide bonds. The molecule has 1 nitrogen and oxygen atoms in total. The van der Waals surface area contributed by atoms with Crippen molar-refractivity contribution in [1.82, 2.24) is 0 Å². The third-order valence-electron chi connectivity index (χ3n) is 10.2. The summed E-state index contributed by atoms with van der Waals surface area (Å²) in [4.78, 5) is 0. The van der Waals surface area contributed by atoms with E-state index in [1.54, 1.807) is 24.3 Å². The summed E-state index contributed by atoms with van der Waals surface area (Å²) in [7, 11) is 0. The van der Waals surface area contributed by atoms with Crippen LogP contribution in [0.4, 0.5) is 30.7 Å².